The van der Waals surface area contributed by atoms with Crippen LogP contribution in [0.25, 0.3) is 10.9 Å². The first kappa shape index (κ1) is 12.4. The lowest BCUT2D eigenvalue weighted by Gasteiger charge is -2.04. The molecule has 0 aliphatic carbocycles. The number of aromatic nitrogens is 1. The minimum absolute atomic E-state index is 0.121. The number of rotatable bonds is 3. The van der Waals surface area contributed by atoms with E-state index in [1.54, 1.807) is 13.8 Å². The van der Waals surface area contributed by atoms with Crippen LogP contribution in [0.2, 0.25) is 0 Å². The van der Waals surface area contributed by atoms with Crippen molar-refractivity contribution in [1.29, 1.82) is 0 Å². The second-order valence-electron chi connectivity index (χ2n) is 3.94. The van der Waals surface area contributed by atoms with Crippen molar-refractivity contribution in [1.82, 2.24) is 4.98 Å². The van der Waals surface area contributed by atoms with Crippen LogP contribution in [0.5, 0.6) is 11.5 Å². The first-order chi connectivity index (χ1) is 8.56. The zero-order valence-corrected chi connectivity index (χ0v) is 10.5. The Hall–Kier alpha value is -2.04. The maximum atomic E-state index is 13.5. The number of methoxy groups -OCH3 is 1. The summed E-state index contributed by atoms with van der Waals surface area (Å²) in [5.41, 5.74) is 1.25. The van der Waals surface area contributed by atoms with Gasteiger partial charge in [-0.3, -0.25) is 4.79 Å². The van der Waals surface area contributed by atoms with E-state index in [1.165, 1.54) is 19.2 Å². The summed E-state index contributed by atoms with van der Waals surface area (Å²) in [4.78, 5) is 14.3. The Balaban J connectivity index is 2.58. The fourth-order valence-corrected chi connectivity index (χ4v) is 1.78. The molecule has 1 heterocycles. The zero-order valence-electron chi connectivity index (χ0n) is 10.5. The molecule has 1 aromatic carbocycles. The number of ether oxygens (including phenoxy) is 2. The molecule has 0 fully saturated rings. The van der Waals surface area contributed by atoms with Crippen LogP contribution in [0, 0.1) is 12.7 Å². The Morgan fingerprint density at radius 2 is 2.17 bits per heavy atom. The molecule has 1 N–H and O–H groups in total. The lowest BCUT2D eigenvalue weighted by atomic mass is 10.2. The largest absolute Gasteiger partial charge is 0.494 e. The lowest BCUT2D eigenvalue weighted by molar-refractivity contribution is -0.133. The van der Waals surface area contributed by atoms with E-state index in [1.807, 2.05) is 0 Å². The normalized spacial score (nSPS) is 10.7. The van der Waals surface area contributed by atoms with Crippen molar-refractivity contribution in [3.05, 3.63) is 23.6 Å². The Kier molecular flexibility index (Phi) is 3.23. The molecule has 0 radical (unpaired) electrons. The van der Waals surface area contributed by atoms with Gasteiger partial charge in [0.05, 0.1) is 18.3 Å². The predicted molar refractivity (Wildman–Crippen MR) is 65.5 cm³/mol. The number of hydrogen-bond acceptors (Lipinski definition) is 3. The first-order valence-corrected chi connectivity index (χ1v) is 5.63. The highest BCUT2D eigenvalue weighted by molar-refractivity contribution is 5.91. The van der Waals surface area contributed by atoms with Gasteiger partial charge in [-0.1, -0.05) is 6.92 Å². The zero-order chi connectivity index (χ0) is 13.3. The number of hydrogen-bond donors (Lipinski definition) is 1. The highest BCUT2D eigenvalue weighted by Gasteiger charge is 2.16. The van der Waals surface area contributed by atoms with E-state index in [0.717, 1.165) is 0 Å². The van der Waals surface area contributed by atoms with E-state index in [9.17, 15) is 9.18 Å². The summed E-state index contributed by atoms with van der Waals surface area (Å²) in [6, 6.07) is 2.84. The number of fused-ring (bicyclic) bond motifs is 1. The lowest BCUT2D eigenvalue weighted by Crippen LogP contribution is -2.05. The van der Waals surface area contributed by atoms with Crippen molar-refractivity contribution in [3.63, 3.8) is 0 Å². The number of aromatic amines is 1. The average molecular weight is 251 g/mol. The molecule has 0 amide bonds. The number of benzene rings is 1. The third-order valence-electron chi connectivity index (χ3n) is 2.70. The van der Waals surface area contributed by atoms with Crippen LogP contribution < -0.4 is 9.47 Å². The molecule has 2 rings (SSSR count). The molecular weight excluding hydrogens is 237 g/mol. The Bertz CT molecular complexity index is 604. The van der Waals surface area contributed by atoms with Gasteiger partial charge >= 0.3 is 5.97 Å². The fraction of sp³-hybridized carbons (Fsp3) is 0.308. The second kappa shape index (κ2) is 4.68. The summed E-state index contributed by atoms with van der Waals surface area (Å²) in [5.74, 6) is -0.243. The van der Waals surface area contributed by atoms with Crippen LogP contribution in [-0.4, -0.2) is 18.1 Å². The van der Waals surface area contributed by atoms with Gasteiger partial charge < -0.3 is 14.5 Å². The first-order valence-electron chi connectivity index (χ1n) is 5.63. The molecule has 0 aliphatic rings. The smallest absolute Gasteiger partial charge is 0.310 e. The van der Waals surface area contributed by atoms with Crippen molar-refractivity contribution < 1.29 is 18.7 Å². The Morgan fingerprint density at radius 1 is 1.44 bits per heavy atom. The average Bonchev–Trinajstić information content (AvgIpc) is 2.64. The summed E-state index contributed by atoms with van der Waals surface area (Å²) in [6.07, 6.45) is 0.282. The van der Waals surface area contributed by atoms with Crippen LogP contribution in [0.1, 0.15) is 19.0 Å². The van der Waals surface area contributed by atoms with Gasteiger partial charge in [-0.25, -0.2) is 4.39 Å². The number of H-pyrrole nitrogens is 1. The third kappa shape index (κ3) is 2.03. The van der Waals surface area contributed by atoms with Crippen LogP contribution in [-0.2, 0) is 4.79 Å². The molecule has 0 atom stereocenters. The van der Waals surface area contributed by atoms with Crippen molar-refractivity contribution >= 4 is 16.9 Å². The SMILES string of the molecule is CCC(=O)Oc1c(C)[nH]c2cc(F)c(OC)cc12. The highest BCUT2D eigenvalue weighted by Crippen LogP contribution is 2.34. The number of carbonyl (C=O) groups is 1. The van der Waals surface area contributed by atoms with Gasteiger partial charge in [0.1, 0.15) is 0 Å². The van der Waals surface area contributed by atoms with Crippen LogP contribution in [0.4, 0.5) is 4.39 Å². The van der Waals surface area contributed by atoms with Crippen molar-refractivity contribution in [2.75, 3.05) is 7.11 Å². The highest BCUT2D eigenvalue weighted by atomic mass is 19.1. The van der Waals surface area contributed by atoms with Gasteiger partial charge in [0.15, 0.2) is 17.3 Å². The van der Waals surface area contributed by atoms with E-state index in [2.05, 4.69) is 4.98 Å². The minimum atomic E-state index is -0.459. The van der Waals surface area contributed by atoms with Gasteiger partial charge in [-0.15, -0.1) is 0 Å². The summed E-state index contributed by atoms with van der Waals surface area (Å²) < 4.78 is 23.7. The van der Waals surface area contributed by atoms with Crippen LogP contribution in [0.15, 0.2) is 12.1 Å². The van der Waals surface area contributed by atoms with Crippen LogP contribution in [0.3, 0.4) is 0 Å². The molecule has 4 nitrogen and oxygen atoms in total. The molecular formula is C13H14FNO3. The molecule has 0 aliphatic heterocycles. The molecule has 0 bridgehead atoms. The van der Waals surface area contributed by atoms with Gasteiger partial charge in [0.25, 0.3) is 0 Å². The van der Waals surface area contributed by atoms with E-state index in [0.29, 0.717) is 22.3 Å². The van der Waals surface area contributed by atoms with Crippen molar-refractivity contribution in [2.45, 2.75) is 20.3 Å². The number of carbonyl (C=O) groups excluding carboxylic acids is 1. The summed E-state index contributed by atoms with van der Waals surface area (Å²) in [7, 11) is 1.39. The van der Waals surface area contributed by atoms with E-state index in [4.69, 9.17) is 9.47 Å². The second-order valence-corrected chi connectivity index (χ2v) is 3.94. The summed E-state index contributed by atoms with van der Waals surface area (Å²) in [6.45, 7) is 3.48. The van der Waals surface area contributed by atoms with Crippen LogP contribution >= 0.6 is 0 Å². The van der Waals surface area contributed by atoms with Gasteiger partial charge in [-0.05, 0) is 13.0 Å². The van der Waals surface area contributed by atoms with Crippen molar-refractivity contribution in [3.8, 4) is 11.5 Å². The molecule has 2 aromatic rings. The van der Waals surface area contributed by atoms with E-state index >= 15 is 0 Å². The number of aryl methyl sites for hydroxylation is 1. The Morgan fingerprint density at radius 3 is 2.78 bits per heavy atom. The Labute approximate surface area is 104 Å². The van der Waals surface area contributed by atoms with Gasteiger partial charge in [0, 0.05) is 17.9 Å². The molecule has 0 saturated heterocycles. The number of nitrogens with one attached hydrogen (secondary N) is 1. The third-order valence-corrected chi connectivity index (χ3v) is 2.70. The van der Waals surface area contributed by atoms with E-state index < -0.39 is 5.82 Å². The van der Waals surface area contributed by atoms with Crippen molar-refractivity contribution in [2.24, 2.45) is 0 Å². The number of esters is 1. The summed E-state index contributed by atoms with van der Waals surface area (Å²) in [5, 5.41) is 0.632. The quantitative estimate of drug-likeness (QED) is 0.853. The molecule has 0 spiro atoms. The molecule has 0 saturated carbocycles. The standard InChI is InChI=1S/C13H14FNO3/c1-4-12(16)18-13-7(2)15-10-6-9(14)11(17-3)5-8(10)13/h5-6,15H,4H2,1-3H3. The molecule has 0 unspecified atom stereocenters. The van der Waals surface area contributed by atoms with E-state index in [-0.39, 0.29) is 18.1 Å². The maximum Gasteiger partial charge on any atom is 0.310 e. The van der Waals surface area contributed by atoms with Gasteiger partial charge in [-0.2, -0.15) is 0 Å². The predicted octanol–water partition coefficient (Wildman–Crippen LogP) is 2.94. The van der Waals surface area contributed by atoms with Gasteiger partial charge in [0.2, 0.25) is 0 Å². The summed E-state index contributed by atoms with van der Waals surface area (Å²) >= 11 is 0. The minimum Gasteiger partial charge on any atom is -0.494 e. The maximum absolute atomic E-state index is 13.5. The topological polar surface area (TPSA) is 51.3 Å². The molecule has 5 heteroatoms. The monoisotopic (exact) mass is 251 g/mol. The number of halogens is 1. The molecule has 1 aromatic heterocycles. The molecule has 18 heavy (non-hydrogen) atoms. The molecule has 96 valence electrons. The fourth-order valence-electron chi connectivity index (χ4n) is 1.78.